The van der Waals surface area contributed by atoms with Gasteiger partial charge < -0.3 is 30.3 Å². The van der Waals surface area contributed by atoms with Crippen LogP contribution in [0.2, 0.25) is 0 Å². The lowest BCUT2D eigenvalue weighted by Gasteiger charge is -2.21. The van der Waals surface area contributed by atoms with Crippen molar-refractivity contribution in [2.45, 2.75) is 24.4 Å². The molecule has 0 aromatic heterocycles. The number of alkyl carbamates (subject to hydrolysis) is 1. The molecule has 0 heterocycles. The molecule has 0 radical (unpaired) electrons. The number of aliphatic hydroxyl groups excluding tert-OH is 1. The summed E-state index contributed by atoms with van der Waals surface area (Å²) in [5.41, 5.74) is 4.30. The average molecular weight is 442 g/mol. The van der Waals surface area contributed by atoms with Crippen molar-refractivity contribution in [1.29, 1.82) is 0 Å². The summed E-state index contributed by atoms with van der Waals surface area (Å²) in [5.74, 6) is -2.17. The standard InChI is InChI=1S/C23H26N2O7/c1-31-13-20(21(27)24-19(10-11-26)22(28)29)25-23(30)32-12-18-16-8-4-2-6-14(16)15-7-3-5-9-17(15)18/h2-9,18-20,26H,10-13H2,1H3,(H,24,27)(H,25,30)(H,28,29)/t19-,20?/m1/s1. The molecule has 3 rings (SSSR count). The molecule has 4 N–H and O–H groups in total. The van der Waals surface area contributed by atoms with Crippen molar-refractivity contribution >= 4 is 18.0 Å². The van der Waals surface area contributed by atoms with E-state index >= 15 is 0 Å². The largest absolute Gasteiger partial charge is 0.480 e. The Balaban J connectivity index is 1.64. The van der Waals surface area contributed by atoms with Gasteiger partial charge in [-0.2, -0.15) is 0 Å². The lowest BCUT2D eigenvalue weighted by Crippen LogP contribution is -2.53. The predicted octanol–water partition coefficient (Wildman–Crippen LogP) is 1.49. The summed E-state index contributed by atoms with van der Waals surface area (Å²) in [6.45, 7) is -0.517. The number of aliphatic hydroxyl groups is 1. The van der Waals surface area contributed by atoms with E-state index in [1.54, 1.807) is 0 Å². The van der Waals surface area contributed by atoms with E-state index in [4.69, 9.17) is 19.7 Å². The monoisotopic (exact) mass is 442 g/mol. The lowest BCUT2D eigenvalue weighted by atomic mass is 9.98. The molecule has 1 aliphatic rings. The molecule has 9 heteroatoms. The van der Waals surface area contributed by atoms with Crippen molar-refractivity contribution in [3.8, 4) is 11.1 Å². The summed E-state index contributed by atoms with van der Waals surface area (Å²) in [6.07, 6.45) is -0.982. The van der Waals surface area contributed by atoms with Crippen LogP contribution in [0.25, 0.3) is 11.1 Å². The minimum atomic E-state index is -1.29. The van der Waals surface area contributed by atoms with Crippen LogP contribution in [0.5, 0.6) is 0 Å². The number of fused-ring (bicyclic) bond motifs is 3. The van der Waals surface area contributed by atoms with Crippen molar-refractivity contribution in [3.05, 3.63) is 59.7 Å². The fourth-order valence-corrected chi connectivity index (χ4v) is 3.79. The van der Waals surface area contributed by atoms with Crippen LogP contribution < -0.4 is 10.6 Å². The normalized spacial score (nSPS) is 14.1. The SMILES string of the molecule is COCC(NC(=O)OCC1c2ccccc2-c2ccccc21)C(=O)N[C@H](CCO)C(=O)O. The third kappa shape index (κ3) is 5.24. The Kier molecular flexibility index (Phi) is 7.80. The molecule has 2 amide bonds. The molecule has 2 aromatic carbocycles. The van der Waals surface area contributed by atoms with E-state index in [2.05, 4.69) is 10.6 Å². The van der Waals surface area contributed by atoms with Crippen LogP contribution in [0.3, 0.4) is 0 Å². The highest BCUT2D eigenvalue weighted by Crippen LogP contribution is 2.44. The maximum Gasteiger partial charge on any atom is 0.407 e. The Morgan fingerprint density at radius 1 is 0.969 bits per heavy atom. The number of benzene rings is 2. The van der Waals surface area contributed by atoms with Crippen molar-refractivity contribution in [3.63, 3.8) is 0 Å². The number of carboxylic acids is 1. The topological polar surface area (TPSA) is 134 Å². The van der Waals surface area contributed by atoms with E-state index in [0.717, 1.165) is 22.3 Å². The number of methoxy groups -OCH3 is 1. The summed E-state index contributed by atoms with van der Waals surface area (Å²) in [6, 6.07) is 13.4. The first-order valence-corrected chi connectivity index (χ1v) is 10.2. The zero-order valence-corrected chi connectivity index (χ0v) is 17.6. The Hall–Kier alpha value is -3.43. The van der Waals surface area contributed by atoms with E-state index in [-0.39, 0.29) is 25.6 Å². The van der Waals surface area contributed by atoms with Crippen molar-refractivity contribution < 1.29 is 34.1 Å². The van der Waals surface area contributed by atoms with Crippen molar-refractivity contribution in [1.82, 2.24) is 10.6 Å². The Morgan fingerprint density at radius 3 is 2.09 bits per heavy atom. The van der Waals surface area contributed by atoms with Gasteiger partial charge in [-0.05, 0) is 22.3 Å². The van der Waals surface area contributed by atoms with Crippen LogP contribution in [-0.2, 0) is 19.1 Å². The van der Waals surface area contributed by atoms with Gasteiger partial charge in [-0.25, -0.2) is 9.59 Å². The molecule has 170 valence electrons. The number of rotatable bonds is 10. The van der Waals surface area contributed by atoms with Gasteiger partial charge >= 0.3 is 12.1 Å². The number of carboxylic acid groups (broad SMARTS) is 1. The fourth-order valence-electron chi connectivity index (χ4n) is 3.79. The minimum Gasteiger partial charge on any atom is -0.480 e. The fraction of sp³-hybridized carbons (Fsp3) is 0.348. The zero-order valence-electron chi connectivity index (χ0n) is 17.6. The number of aliphatic carboxylic acids is 1. The summed E-state index contributed by atoms with van der Waals surface area (Å²) < 4.78 is 10.4. The molecule has 1 unspecified atom stereocenters. The smallest absolute Gasteiger partial charge is 0.407 e. The first-order valence-electron chi connectivity index (χ1n) is 10.2. The molecule has 2 aromatic rings. The molecular formula is C23H26N2O7. The molecule has 0 spiro atoms. The number of amides is 2. The number of hydrogen-bond donors (Lipinski definition) is 4. The van der Waals surface area contributed by atoms with E-state index < -0.39 is 36.7 Å². The molecule has 0 saturated heterocycles. The van der Waals surface area contributed by atoms with Gasteiger partial charge in [-0.15, -0.1) is 0 Å². The maximum absolute atomic E-state index is 12.4. The van der Waals surface area contributed by atoms with Gasteiger partial charge in [0.05, 0.1) is 6.61 Å². The number of hydrogen-bond acceptors (Lipinski definition) is 6. The lowest BCUT2D eigenvalue weighted by molar-refractivity contribution is -0.142. The molecule has 0 bridgehead atoms. The molecule has 0 fully saturated rings. The summed E-state index contributed by atoms with van der Waals surface area (Å²) in [5, 5.41) is 22.8. The Labute approximate surface area is 185 Å². The first-order chi connectivity index (χ1) is 15.5. The van der Waals surface area contributed by atoms with Crippen LogP contribution in [0.15, 0.2) is 48.5 Å². The Morgan fingerprint density at radius 2 is 1.56 bits per heavy atom. The highest BCUT2D eigenvalue weighted by Gasteiger charge is 2.30. The highest BCUT2D eigenvalue weighted by atomic mass is 16.5. The molecule has 1 aliphatic carbocycles. The Bertz CT molecular complexity index is 933. The van der Waals surface area contributed by atoms with Gasteiger partial charge in [-0.3, -0.25) is 4.79 Å². The second-order valence-corrected chi connectivity index (χ2v) is 7.39. The number of ether oxygens (including phenoxy) is 2. The van der Waals surface area contributed by atoms with Crippen molar-refractivity contribution in [2.75, 3.05) is 26.9 Å². The van der Waals surface area contributed by atoms with Crippen LogP contribution in [0.1, 0.15) is 23.5 Å². The molecule has 2 atom stereocenters. The first kappa shape index (κ1) is 23.2. The van der Waals surface area contributed by atoms with Gasteiger partial charge in [0.25, 0.3) is 0 Å². The van der Waals surface area contributed by atoms with Crippen LogP contribution in [-0.4, -0.2) is 67.2 Å². The second-order valence-electron chi connectivity index (χ2n) is 7.39. The van der Waals surface area contributed by atoms with Crippen LogP contribution >= 0.6 is 0 Å². The van der Waals surface area contributed by atoms with Crippen LogP contribution in [0, 0.1) is 0 Å². The van der Waals surface area contributed by atoms with Crippen LogP contribution in [0.4, 0.5) is 4.79 Å². The van der Waals surface area contributed by atoms with E-state index in [9.17, 15) is 14.4 Å². The number of carbonyl (C=O) groups is 3. The van der Waals surface area contributed by atoms with E-state index in [0.29, 0.717) is 0 Å². The molecule has 0 aliphatic heterocycles. The zero-order chi connectivity index (χ0) is 23.1. The summed E-state index contributed by atoms with van der Waals surface area (Å²) in [4.78, 5) is 36.1. The van der Waals surface area contributed by atoms with Gasteiger partial charge in [0, 0.05) is 26.1 Å². The molecule has 0 saturated carbocycles. The number of carbonyl (C=O) groups excluding carboxylic acids is 2. The molecule has 9 nitrogen and oxygen atoms in total. The van der Waals surface area contributed by atoms with Gasteiger partial charge in [-0.1, -0.05) is 48.5 Å². The third-order valence-corrected chi connectivity index (χ3v) is 5.32. The number of nitrogens with one attached hydrogen (secondary N) is 2. The molecular weight excluding hydrogens is 416 g/mol. The molecule has 32 heavy (non-hydrogen) atoms. The van der Waals surface area contributed by atoms with Gasteiger partial charge in [0.1, 0.15) is 18.7 Å². The minimum absolute atomic E-state index is 0.0729. The van der Waals surface area contributed by atoms with Crippen molar-refractivity contribution in [2.24, 2.45) is 0 Å². The third-order valence-electron chi connectivity index (χ3n) is 5.32. The quantitative estimate of drug-likeness (QED) is 0.438. The predicted molar refractivity (Wildman–Crippen MR) is 115 cm³/mol. The average Bonchev–Trinajstić information content (AvgIpc) is 3.10. The highest BCUT2D eigenvalue weighted by molar-refractivity contribution is 5.89. The van der Waals surface area contributed by atoms with Gasteiger partial charge in [0.2, 0.25) is 5.91 Å². The van der Waals surface area contributed by atoms with E-state index in [1.165, 1.54) is 7.11 Å². The van der Waals surface area contributed by atoms with Gasteiger partial charge in [0.15, 0.2) is 0 Å². The van der Waals surface area contributed by atoms with E-state index in [1.807, 2.05) is 48.5 Å². The summed E-state index contributed by atoms with van der Waals surface area (Å²) in [7, 11) is 1.35. The maximum atomic E-state index is 12.4. The second kappa shape index (κ2) is 10.7. The summed E-state index contributed by atoms with van der Waals surface area (Å²) >= 11 is 0.